The highest BCUT2D eigenvalue weighted by Crippen LogP contribution is 2.50. The predicted molar refractivity (Wildman–Crippen MR) is 114 cm³/mol. The van der Waals surface area contributed by atoms with Crippen LogP contribution in [0, 0.1) is 0 Å². The molecule has 0 saturated carbocycles. The van der Waals surface area contributed by atoms with Gasteiger partial charge >= 0.3 is 0 Å². The largest absolute Gasteiger partial charge is 0.507 e. The zero-order valence-corrected chi connectivity index (χ0v) is 18.1. The molecule has 3 N–H and O–H groups in total. The lowest BCUT2D eigenvalue weighted by Crippen LogP contribution is -2.38. The molecule has 3 aromatic rings. The number of hydrogen-bond donors (Lipinski definition) is 3. The summed E-state index contributed by atoms with van der Waals surface area (Å²) in [6, 6.07) is 12.0. The summed E-state index contributed by atoms with van der Waals surface area (Å²) in [5, 5.41) is 20.0. The van der Waals surface area contributed by atoms with Crippen LogP contribution >= 0.6 is 46.4 Å². The lowest BCUT2D eigenvalue weighted by Gasteiger charge is -2.33. The monoisotopic (exact) mass is 492 g/mol. The number of phenols is 2. The van der Waals surface area contributed by atoms with Crippen molar-refractivity contribution in [2.75, 3.05) is 0 Å². The Bertz CT molecular complexity index is 1180. The Morgan fingerprint density at radius 1 is 0.724 bits per heavy atom. The molecule has 0 radical (unpaired) electrons. The maximum absolute atomic E-state index is 12.9. The lowest BCUT2D eigenvalue weighted by molar-refractivity contribution is 0.431. The van der Waals surface area contributed by atoms with Crippen molar-refractivity contribution in [3.63, 3.8) is 0 Å². The van der Waals surface area contributed by atoms with Crippen molar-refractivity contribution in [1.82, 2.24) is 0 Å². The average molecular weight is 494 g/mol. The van der Waals surface area contributed by atoms with E-state index in [-0.39, 0.29) is 36.8 Å². The van der Waals surface area contributed by atoms with Gasteiger partial charge in [-0.2, -0.15) is 8.42 Å². The van der Waals surface area contributed by atoms with Crippen molar-refractivity contribution in [2.45, 2.75) is 4.75 Å². The molecular formula is C19H12Cl4O5S. The second-order valence-electron chi connectivity index (χ2n) is 6.10. The molecule has 1 unspecified atom stereocenters. The van der Waals surface area contributed by atoms with Gasteiger partial charge in [0.2, 0.25) is 0 Å². The van der Waals surface area contributed by atoms with Crippen molar-refractivity contribution in [3.05, 3.63) is 91.4 Å². The first-order chi connectivity index (χ1) is 13.5. The molecule has 0 aliphatic heterocycles. The van der Waals surface area contributed by atoms with Crippen molar-refractivity contribution in [2.24, 2.45) is 0 Å². The molecule has 0 aromatic heterocycles. The van der Waals surface area contributed by atoms with E-state index in [1.807, 2.05) is 0 Å². The number of phenolic OH excluding ortho intramolecular Hbond substituents is 2. The highest BCUT2D eigenvalue weighted by molar-refractivity contribution is 7.87. The highest BCUT2D eigenvalue weighted by Gasteiger charge is 2.50. The number of aromatic hydroxyl groups is 2. The fraction of sp³-hybridized carbons (Fsp3) is 0.0526. The van der Waals surface area contributed by atoms with Gasteiger partial charge in [0.15, 0.2) is 4.75 Å². The Morgan fingerprint density at radius 3 is 1.79 bits per heavy atom. The van der Waals surface area contributed by atoms with E-state index in [1.54, 1.807) is 18.2 Å². The summed E-state index contributed by atoms with van der Waals surface area (Å²) in [6.45, 7) is 0. The zero-order valence-electron chi connectivity index (χ0n) is 14.3. The summed E-state index contributed by atoms with van der Waals surface area (Å²) in [5.41, 5.74) is -0.347. The lowest BCUT2D eigenvalue weighted by atomic mass is 9.83. The Labute approximate surface area is 186 Å². The molecule has 0 spiro atoms. The van der Waals surface area contributed by atoms with E-state index in [1.165, 1.54) is 24.3 Å². The second-order valence-corrected chi connectivity index (χ2v) is 9.26. The Kier molecular flexibility index (Phi) is 5.98. The number of halogens is 4. The predicted octanol–water partition coefficient (Wildman–Crippen LogP) is 5.89. The van der Waals surface area contributed by atoms with Crippen LogP contribution in [-0.4, -0.2) is 23.2 Å². The molecule has 152 valence electrons. The minimum Gasteiger partial charge on any atom is -0.507 e. The summed E-state index contributed by atoms with van der Waals surface area (Å²) in [6.07, 6.45) is 0. The second kappa shape index (κ2) is 7.87. The van der Waals surface area contributed by atoms with Crippen LogP contribution in [0.4, 0.5) is 0 Å². The van der Waals surface area contributed by atoms with Gasteiger partial charge in [0, 0.05) is 11.6 Å². The molecule has 0 heterocycles. The van der Waals surface area contributed by atoms with E-state index in [0.717, 1.165) is 12.1 Å². The van der Waals surface area contributed by atoms with Gasteiger partial charge in [-0.25, -0.2) is 0 Å². The fourth-order valence-electron chi connectivity index (χ4n) is 3.18. The van der Waals surface area contributed by atoms with Crippen LogP contribution in [0.1, 0.15) is 16.7 Å². The first-order valence-electron chi connectivity index (χ1n) is 7.89. The van der Waals surface area contributed by atoms with Gasteiger partial charge in [0.25, 0.3) is 10.1 Å². The third-order valence-corrected chi connectivity index (χ3v) is 7.37. The first kappa shape index (κ1) is 22.0. The fourth-order valence-corrected chi connectivity index (χ4v) is 5.23. The van der Waals surface area contributed by atoms with E-state index >= 15 is 0 Å². The van der Waals surface area contributed by atoms with E-state index in [2.05, 4.69) is 0 Å². The molecule has 5 nitrogen and oxygen atoms in total. The SMILES string of the molecule is O=S(=O)(O)C(c1ccccc1)(c1cc(Cl)c(Cl)c(Cl)c1)c1cc(Cl)c(O)cc1O. The van der Waals surface area contributed by atoms with Gasteiger partial charge in [-0.05, 0) is 29.3 Å². The van der Waals surface area contributed by atoms with Crippen LogP contribution < -0.4 is 0 Å². The standard InChI is InChI=1S/C19H12Cl4O5S/c20-13-8-12(16(24)9-17(13)25)19(29(26,27)28,10-4-2-1-3-5-10)11-6-14(21)18(23)15(22)7-11/h1-9,24-25H,(H,26,27,28). The molecule has 0 saturated heterocycles. The van der Waals surface area contributed by atoms with Crippen LogP contribution in [-0.2, 0) is 14.9 Å². The van der Waals surface area contributed by atoms with E-state index < -0.39 is 26.4 Å². The molecule has 0 bridgehead atoms. The summed E-state index contributed by atoms with van der Waals surface area (Å²) in [5.74, 6) is -1.10. The Hall–Kier alpha value is -1.67. The van der Waals surface area contributed by atoms with Crippen LogP contribution in [0.2, 0.25) is 20.1 Å². The van der Waals surface area contributed by atoms with E-state index in [0.29, 0.717) is 0 Å². The minimum absolute atomic E-state index is 0.0117. The highest BCUT2D eigenvalue weighted by atomic mass is 35.5. The number of benzene rings is 3. The van der Waals surface area contributed by atoms with Crippen molar-refractivity contribution in [1.29, 1.82) is 0 Å². The zero-order chi connectivity index (χ0) is 21.6. The summed E-state index contributed by atoms with van der Waals surface area (Å²) in [7, 11) is -5.04. The summed E-state index contributed by atoms with van der Waals surface area (Å²) >= 11 is 24.2. The molecule has 0 aliphatic carbocycles. The van der Waals surface area contributed by atoms with Gasteiger partial charge < -0.3 is 10.2 Å². The summed E-state index contributed by atoms with van der Waals surface area (Å²) in [4.78, 5) is 0. The quantitative estimate of drug-likeness (QED) is 0.239. The molecule has 3 rings (SSSR count). The molecule has 1 atom stereocenters. The van der Waals surface area contributed by atoms with Crippen LogP contribution in [0.5, 0.6) is 11.5 Å². The Morgan fingerprint density at radius 2 is 1.28 bits per heavy atom. The van der Waals surface area contributed by atoms with Crippen molar-refractivity contribution < 1.29 is 23.2 Å². The minimum atomic E-state index is -5.04. The van der Waals surface area contributed by atoms with Gasteiger partial charge in [0.05, 0.1) is 20.1 Å². The van der Waals surface area contributed by atoms with E-state index in [4.69, 9.17) is 46.4 Å². The van der Waals surface area contributed by atoms with E-state index in [9.17, 15) is 23.2 Å². The maximum Gasteiger partial charge on any atom is 0.283 e. The molecular weight excluding hydrogens is 482 g/mol. The smallest absolute Gasteiger partial charge is 0.283 e. The van der Waals surface area contributed by atoms with Crippen molar-refractivity contribution in [3.8, 4) is 11.5 Å². The number of hydrogen-bond acceptors (Lipinski definition) is 4. The van der Waals surface area contributed by atoms with Crippen LogP contribution in [0.15, 0.2) is 54.6 Å². The van der Waals surface area contributed by atoms with Gasteiger partial charge in [-0.15, -0.1) is 0 Å². The molecule has 0 amide bonds. The Balaban J connectivity index is 2.59. The maximum atomic E-state index is 12.9. The molecule has 0 fully saturated rings. The van der Waals surface area contributed by atoms with Gasteiger partial charge in [-0.1, -0.05) is 76.7 Å². The normalized spacial score (nSPS) is 13.8. The average Bonchev–Trinajstić information content (AvgIpc) is 2.64. The van der Waals surface area contributed by atoms with Gasteiger partial charge in [-0.3, -0.25) is 4.55 Å². The van der Waals surface area contributed by atoms with Gasteiger partial charge in [0.1, 0.15) is 11.5 Å². The molecule has 0 aliphatic rings. The van der Waals surface area contributed by atoms with Crippen LogP contribution in [0.3, 0.4) is 0 Å². The van der Waals surface area contributed by atoms with Crippen molar-refractivity contribution >= 4 is 56.5 Å². The van der Waals surface area contributed by atoms with Crippen LogP contribution in [0.25, 0.3) is 0 Å². The summed E-state index contributed by atoms with van der Waals surface area (Å²) < 4.78 is 33.9. The molecule has 29 heavy (non-hydrogen) atoms. The third-order valence-electron chi connectivity index (χ3n) is 4.40. The molecule has 3 aromatic carbocycles. The number of rotatable bonds is 4. The molecule has 10 heteroatoms. The third kappa shape index (κ3) is 3.65. The topological polar surface area (TPSA) is 94.8 Å². The first-order valence-corrected chi connectivity index (χ1v) is 10.8.